The van der Waals surface area contributed by atoms with Crippen molar-refractivity contribution in [1.29, 1.82) is 0 Å². The molecule has 0 saturated heterocycles. The molecule has 0 atom stereocenters. The fraction of sp³-hybridized carbons (Fsp3) is 0.263. The second kappa shape index (κ2) is 8.25. The van der Waals surface area contributed by atoms with E-state index >= 15 is 0 Å². The molecule has 2 aromatic carbocycles. The lowest BCUT2D eigenvalue weighted by Crippen LogP contribution is -2.19. The Labute approximate surface area is 154 Å². The van der Waals surface area contributed by atoms with Gasteiger partial charge in [0.15, 0.2) is 4.80 Å². The first-order valence-electron chi connectivity index (χ1n) is 8.22. The Hall–Kier alpha value is -2.51. The zero-order valence-electron chi connectivity index (χ0n) is 14.6. The van der Waals surface area contributed by atoms with Crippen molar-refractivity contribution < 1.29 is 18.7 Å². The number of aromatic nitrogens is 1. The number of thiazole rings is 1. The Morgan fingerprint density at radius 3 is 2.69 bits per heavy atom. The lowest BCUT2D eigenvalue weighted by Gasteiger charge is -2.09. The average molecular weight is 374 g/mol. The van der Waals surface area contributed by atoms with E-state index in [9.17, 15) is 9.18 Å². The molecular formula is C19H19FN2O3S. The van der Waals surface area contributed by atoms with E-state index in [1.54, 1.807) is 7.11 Å². The van der Waals surface area contributed by atoms with Crippen LogP contribution in [0.15, 0.2) is 47.5 Å². The van der Waals surface area contributed by atoms with Crippen molar-refractivity contribution in [3.63, 3.8) is 0 Å². The van der Waals surface area contributed by atoms with E-state index in [4.69, 9.17) is 9.47 Å². The summed E-state index contributed by atoms with van der Waals surface area (Å²) in [5.74, 6) is -0.0614. The lowest BCUT2D eigenvalue weighted by molar-refractivity contribution is 0.0997. The minimum absolute atomic E-state index is 0.340. The van der Waals surface area contributed by atoms with Gasteiger partial charge in [-0.3, -0.25) is 4.79 Å². The zero-order valence-corrected chi connectivity index (χ0v) is 15.4. The first kappa shape index (κ1) is 18.3. The number of ether oxygens (including phenoxy) is 2. The van der Waals surface area contributed by atoms with Crippen molar-refractivity contribution in [2.24, 2.45) is 4.99 Å². The Balaban J connectivity index is 2.13. The fourth-order valence-electron chi connectivity index (χ4n) is 2.59. The molecule has 1 heterocycles. The van der Waals surface area contributed by atoms with E-state index < -0.39 is 5.91 Å². The summed E-state index contributed by atoms with van der Waals surface area (Å²) in [6.45, 7) is 3.48. The number of halogens is 1. The second-order valence-electron chi connectivity index (χ2n) is 5.49. The number of nitrogens with zero attached hydrogens (tertiary/aromatic N) is 2. The predicted molar refractivity (Wildman–Crippen MR) is 99.2 cm³/mol. The van der Waals surface area contributed by atoms with Gasteiger partial charge in [-0.1, -0.05) is 17.4 Å². The Morgan fingerprint density at radius 1 is 1.23 bits per heavy atom. The van der Waals surface area contributed by atoms with Crippen LogP contribution in [0.4, 0.5) is 4.39 Å². The van der Waals surface area contributed by atoms with Crippen LogP contribution in [0, 0.1) is 5.82 Å². The molecule has 0 aliphatic heterocycles. The summed E-state index contributed by atoms with van der Waals surface area (Å²) < 4.78 is 26.9. The number of hydrogen-bond acceptors (Lipinski definition) is 4. The maximum Gasteiger partial charge on any atom is 0.279 e. The largest absolute Gasteiger partial charge is 0.492 e. The molecule has 7 heteroatoms. The number of rotatable bonds is 6. The van der Waals surface area contributed by atoms with Gasteiger partial charge in [0, 0.05) is 19.2 Å². The highest BCUT2D eigenvalue weighted by molar-refractivity contribution is 7.16. The average Bonchev–Trinajstić information content (AvgIpc) is 2.98. The first-order chi connectivity index (χ1) is 12.6. The molecule has 3 aromatic rings. The Morgan fingerprint density at radius 2 is 2.00 bits per heavy atom. The van der Waals surface area contributed by atoms with Gasteiger partial charge in [-0.2, -0.15) is 4.99 Å². The van der Waals surface area contributed by atoms with Gasteiger partial charge < -0.3 is 14.0 Å². The van der Waals surface area contributed by atoms with Gasteiger partial charge in [-0.05, 0) is 43.3 Å². The lowest BCUT2D eigenvalue weighted by atomic mass is 10.2. The van der Waals surface area contributed by atoms with E-state index in [1.807, 2.05) is 29.7 Å². The normalized spacial score (nSPS) is 11.9. The number of carbonyl (C=O) groups excluding carboxylic acids is 1. The quantitative estimate of drug-likeness (QED) is 0.662. The number of amides is 1. The van der Waals surface area contributed by atoms with Gasteiger partial charge in [0.25, 0.3) is 5.91 Å². The maximum absolute atomic E-state index is 13.1. The number of benzene rings is 2. The predicted octanol–water partition coefficient (Wildman–Crippen LogP) is 3.63. The number of methoxy groups -OCH3 is 1. The summed E-state index contributed by atoms with van der Waals surface area (Å²) in [7, 11) is 1.62. The summed E-state index contributed by atoms with van der Waals surface area (Å²) in [6, 6.07) is 11.1. The van der Waals surface area contributed by atoms with Crippen molar-refractivity contribution in [3.05, 3.63) is 58.6 Å². The van der Waals surface area contributed by atoms with Gasteiger partial charge in [-0.25, -0.2) is 4.39 Å². The van der Waals surface area contributed by atoms with Gasteiger partial charge in [-0.15, -0.1) is 0 Å². The molecule has 0 spiro atoms. The topological polar surface area (TPSA) is 52.8 Å². The van der Waals surface area contributed by atoms with Crippen LogP contribution in [0.1, 0.15) is 17.3 Å². The van der Waals surface area contributed by atoms with Crippen molar-refractivity contribution in [3.8, 4) is 5.75 Å². The molecule has 5 nitrogen and oxygen atoms in total. The number of carbonyl (C=O) groups is 1. The summed E-state index contributed by atoms with van der Waals surface area (Å²) in [5, 5.41) is 0. The highest BCUT2D eigenvalue weighted by Gasteiger charge is 2.13. The van der Waals surface area contributed by atoms with Gasteiger partial charge in [0.05, 0.1) is 17.9 Å². The maximum atomic E-state index is 13.1. The van der Waals surface area contributed by atoms with Gasteiger partial charge in [0.2, 0.25) is 0 Å². The Bertz CT molecular complexity index is 977. The summed E-state index contributed by atoms with van der Waals surface area (Å²) in [4.78, 5) is 17.3. The SMILES string of the molecule is CCOc1cccc2sc(=NC(=O)c3ccc(F)cc3)n(CCOC)c12. The van der Waals surface area contributed by atoms with E-state index in [0.717, 1.165) is 16.0 Å². The molecule has 0 bridgehead atoms. The summed E-state index contributed by atoms with van der Waals surface area (Å²) >= 11 is 1.41. The van der Waals surface area contributed by atoms with Crippen LogP contribution in [-0.4, -0.2) is 30.8 Å². The third-order valence-corrected chi connectivity index (χ3v) is 4.81. The zero-order chi connectivity index (χ0) is 18.5. The van der Waals surface area contributed by atoms with Crippen LogP contribution in [-0.2, 0) is 11.3 Å². The van der Waals surface area contributed by atoms with Crippen LogP contribution >= 0.6 is 11.3 Å². The third kappa shape index (κ3) is 3.84. The standard InChI is InChI=1S/C19H19FN2O3S/c1-3-25-15-5-4-6-16-17(15)22(11-12-24-2)19(26-16)21-18(23)13-7-9-14(20)10-8-13/h4-10H,3,11-12H2,1-2H3. The molecule has 1 aromatic heterocycles. The van der Waals surface area contributed by atoms with Gasteiger partial charge >= 0.3 is 0 Å². The van der Waals surface area contributed by atoms with Crippen molar-refractivity contribution in [2.75, 3.05) is 20.3 Å². The van der Waals surface area contributed by atoms with Crippen LogP contribution in [0.25, 0.3) is 10.2 Å². The monoisotopic (exact) mass is 374 g/mol. The molecular weight excluding hydrogens is 355 g/mol. The van der Waals surface area contributed by atoms with Gasteiger partial charge in [0.1, 0.15) is 17.1 Å². The van der Waals surface area contributed by atoms with Crippen LogP contribution < -0.4 is 9.54 Å². The van der Waals surface area contributed by atoms with E-state index in [-0.39, 0.29) is 5.82 Å². The van der Waals surface area contributed by atoms with Crippen LogP contribution in [0.5, 0.6) is 5.75 Å². The number of para-hydroxylation sites is 1. The highest BCUT2D eigenvalue weighted by Crippen LogP contribution is 2.27. The van der Waals surface area contributed by atoms with Crippen molar-refractivity contribution in [1.82, 2.24) is 4.57 Å². The molecule has 1 amide bonds. The molecule has 0 saturated carbocycles. The molecule has 136 valence electrons. The highest BCUT2D eigenvalue weighted by atomic mass is 32.1. The fourth-order valence-corrected chi connectivity index (χ4v) is 3.66. The molecule has 0 aliphatic rings. The van der Waals surface area contributed by atoms with Crippen LogP contribution in [0.2, 0.25) is 0 Å². The number of fused-ring (bicyclic) bond motifs is 1. The molecule has 0 aliphatic carbocycles. The van der Waals surface area contributed by atoms with E-state index in [1.165, 1.54) is 35.6 Å². The van der Waals surface area contributed by atoms with Crippen molar-refractivity contribution >= 4 is 27.5 Å². The summed E-state index contributed by atoms with van der Waals surface area (Å²) in [6.07, 6.45) is 0. The van der Waals surface area contributed by atoms with Crippen molar-refractivity contribution in [2.45, 2.75) is 13.5 Å². The van der Waals surface area contributed by atoms with E-state index in [2.05, 4.69) is 4.99 Å². The summed E-state index contributed by atoms with van der Waals surface area (Å²) in [5.41, 5.74) is 1.23. The third-order valence-electron chi connectivity index (χ3n) is 3.77. The molecule has 0 unspecified atom stereocenters. The first-order valence-corrected chi connectivity index (χ1v) is 9.04. The molecule has 0 N–H and O–H groups in total. The van der Waals surface area contributed by atoms with E-state index in [0.29, 0.717) is 30.1 Å². The molecule has 3 rings (SSSR count). The number of hydrogen-bond donors (Lipinski definition) is 0. The molecule has 26 heavy (non-hydrogen) atoms. The molecule has 0 radical (unpaired) electrons. The second-order valence-corrected chi connectivity index (χ2v) is 6.50. The van der Waals surface area contributed by atoms with Crippen LogP contribution in [0.3, 0.4) is 0 Å². The Kier molecular flexibility index (Phi) is 5.80. The molecule has 0 fully saturated rings. The minimum Gasteiger partial charge on any atom is -0.492 e. The minimum atomic E-state index is -0.416. The smallest absolute Gasteiger partial charge is 0.279 e.